The third-order valence-corrected chi connectivity index (χ3v) is 0.963. The molecule has 0 rings (SSSR count). The molecule has 0 atom stereocenters. The van der Waals surface area contributed by atoms with Crippen molar-refractivity contribution in [2.24, 2.45) is 4.99 Å². The van der Waals surface area contributed by atoms with Gasteiger partial charge in [-0.3, -0.25) is 0 Å². The van der Waals surface area contributed by atoms with E-state index in [4.69, 9.17) is 11.6 Å². The number of nitrogens with zero attached hydrogens (tertiary/aromatic N) is 1. The number of hydrogen-bond donors (Lipinski definition) is 0. The Kier molecular flexibility index (Phi) is 5.49. The minimum atomic E-state index is 0.327. The van der Waals surface area contributed by atoms with Crippen LogP contribution in [0.4, 0.5) is 0 Å². The zero-order valence-electron chi connectivity index (χ0n) is 5.02. The first-order valence-corrected chi connectivity index (χ1v) is 3.33. The van der Waals surface area contributed by atoms with Gasteiger partial charge in [0, 0.05) is 0 Å². The van der Waals surface area contributed by atoms with E-state index >= 15 is 0 Å². The average molecular weight is 160 g/mol. The van der Waals surface area contributed by atoms with Crippen LogP contribution in [-0.4, -0.2) is 11.0 Å². The second-order valence-electron chi connectivity index (χ2n) is 1.22. The van der Waals surface area contributed by atoms with Gasteiger partial charge in [-0.2, -0.15) is 4.99 Å². The van der Waals surface area contributed by atoms with Crippen molar-refractivity contribution in [1.82, 2.24) is 0 Å². The molecule has 0 radical (unpaired) electrons. The van der Waals surface area contributed by atoms with Crippen LogP contribution in [0.15, 0.2) is 22.5 Å². The molecule has 0 spiro atoms. The van der Waals surface area contributed by atoms with Crippen LogP contribution in [0.25, 0.3) is 0 Å². The minimum absolute atomic E-state index is 0.327. The predicted octanol–water partition coefficient (Wildman–Crippen LogP) is 2.39. The van der Waals surface area contributed by atoms with Gasteiger partial charge in [-0.1, -0.05) is 0 Å². The quantitative estimate of drug-likeness (QED) is 0.261. The fraction of sp³-hybridized carbons (Fsp3) is 0.333. The fourth-order valence-electron chi connectivity index (χ4n) is 0.322. The summed E-state index contributed by atoms with van der Waals surface area (Å²) in [6, 6.07) is 0. The lowest BCUT2D eigenvalue weighted by Crippen LogP contribution is -1.73. The first-order chi connectivity index (χ1) is 4.35. The van der Waals surface area contributed by atoms with Crippen molar-refractivity contribution in [2.45, 2.75) is 6.92 Å². The largest absolute Gasteiger partial charge is 0.189 e. The maximum absolute atomic E-state index is 5.43. The van der Waals surface area contributed by atoms with E-state index in [1.54, 1.807) is 6.08 Å². The Bertz CT molecular complexity index is 185. The van der Waals surface area contributed by atoms with Crippen LogP contribution in [0.3, 0.4) is 0 Å². The molecule has 1 nitrogen and oxygen atoms in total. The molecule has 0 bridgehead atoms. The molecule has 3 heteroatoms. The maximum atomic E-state index is 5.43. The highest BCUT2D eigenvalue weighted by molar-refractivity contribution is 7.78. The van der Waals surface area contributed by atoms with Crippen molar-refractivity contribution in [3.63, 3.8) is 0 Å². The van der Waals surface area contributed by atoms with Crippen molar-refractivity contribution in [3.05, 3.63) is 17.5 Å². The Morgan fingerprint density at radius 2 is 2.56 bits per heavy atom. The van der Waals surface area contributed by atoms with Gasteiger partial charge in [-0.15, -0.1) is 17.3 Å². The summed E-state index contributed by atoms with van der Waals surface area (Å²) in [4.78, 5) is 3.64. The fourth-order valence-corrected chi connectivity index (χ4v) is 0.570. The van der Waals surface area contributed by atoms with Crippen molar-refractivity contribution in [3.8, 4) is 0 Å². The lowest BCUT2D eigenvalue weighted by atomic mass is 10.5. The third-order valence-electron chi connectivity index (χ3n) is 0.618. The van der Waals surface area contributed by atoms with E-state index in [2.05, 4.69) is 28.1 Å². The van der Waals surface area contributed by atoms with Crippen LogP contribution >= 0.6 is 23.8 Å². The summed E-state index contributed by atoms with van der Waals surface area (Å²) >= 11 is 9.78. The second kappa shape index (κ2) is 5.74. The summed E-state index contributed by atoms with van der Waals surface area (Å²) in [7, 11) is 0. The van der Waals surface area contributed by atoms with E-state index in [1.165, 1.54) is 0 Å². The van der Waals surface area contributed by atoms with E-state index < -0.39 is 0 Å². The van der Waals surface area contributed by atoms with Crippen LogP contribution in [0.5, 0.6) is 0 Å². The lowest BCUT2D eigenvalue weighted by Gasteiger charge is -1.81. The maximum Gasteiger partial charge on any atom is 0.107 e. The van der Waals surface area contributed by atoms with Crippen LogP contribution in [0, 0.1) is 0 Å². The number of alkyl halides is 1. The SMILES string of the molecule is CC=C=C(CCl)N=C=S. The Morgan fingerprint density at radius 1 is 1.89 bits per heavy atom. The molecular weight excluding hydrogens is 154 g/mol. The van der Waals surface area contributed by atoms with Crippen LogP contribution in [-0.2, 0) is 0 Å². The average Bonchev–Trinajstić information content (AvgIpc) is 1.88. The monoisotopic (exact) mass is 159 g/mol. The molecule has 0 aliphatic rings. The van der Waals surface area contributed by atoms with E-state index in [1.807, 2.05) is 6.92 Å². The van der Waals surface area contributed by atoms with Gasteiger partial charge in [0.25, 0.3) is 0 Å². The van der Waals surface area contributed by atoms with Crippen LogP contribution in [0.2, 0.25) is 0 Å². The molecule has 0 fully saturated rings. The second-order valence-corrected chi connectivity index (χ2v) is 1.67. The molecule has 0 saturated heterocycles. The number of aliphatic imine (C=N–C) groups is 1. The summed E-state index contributed by atoms with van der Waals surface area (Å²) in [6.07, 6.45) is 1.73. The molecule has 0 unspecified atom stereocenters. The minimum Gasteiger partial charge on any atom is -0.189 e. The topological polar surface area (TPSA) is 12.4 Å². The summed E-state index contributed by atoms with van der Waals surface area (Å²) in [5, 5.41) is 2.21. The normalized spacial score (nSPS) is 6.89. The van der Waals surface area contributed by atoms with Crippen molar-refractivity contribution in [2.75, 3.05) is 5.88 Å². The molecule has 0 saturated carbocycles. The molecule has 48 valence electrons. The van der Waals surface area contributed by atoms with Crippen molar-refractivity contribution in [1.29, 1.82) is 0 Å². The Balaban J connectivity index is 4.34. The number of thiocarbonyl (C=S) groups is 1. The lowest BCUT2D eigenvalue weighted by molar-refractivity contribution is 1.34. The van der Waals surface area contributed by atoms with E-state index in [9.17, 15) is 0 Å². The summed E-state index contributed by atoms with van der Waals surface area (Å²) in [5.74, 6) is 0.327. The van der Waals surface area contributed by atoms with Crippen molar-refractivity contribution >= 4 is 29.0 Å². The Hall–Kier alpha value is -0.390. The number of isothiocyanates is 1. The molecule has 0 heterocycles. The van der Waals surface area contributed by atoms with Crippen LogP contribution in [0.1, 0.15) is 6.92 Å². The van der Waals surface area contributed by atoms with E-state index in [0.29, 0.717) is 11.6 Å². The predicted molar refractivity (Wildman–Crippen MR) is 43.0 cm³/mol. The van der Waals surface area contributed by atoms with Gasteiger partial charge in [-0.05, 0) is 25.2 Å². The molecule has 0 aromatic rings. The van der Waals surface area contributed by atoms with Crippen molar-refractivity contribution < 1.29 is 0 Å². The molecule has 0 aliphatic heterocycles. The van der Waals surface area contributed by atoms with Gasteiger partial charge in [0.2, 0.25) is 0 Å². The standard InChI is InChI=1S/C6H6ClNS/c1-2-3-6(4-7)8-5-9/h2H,4H2,1H3. The number of hydrogen-bond acceptors (Lipinski definition) is 2. The first-order valence-electron chi connectivity index (χ1n) is 2.39. The van der Waals surface area contributed by atoms with Gasteiger partial charge >= 0.3 is 0 Å². The zero-order chi connectivity index (χ0) is 7.11. The number of halogens is 1. The molecule has 0 aromatic heterocycles. The highest BCUT2D eigenvalue weighted by Gasteiger charge is 1.83. The molecule has 0 aromatic carbocycles. The van der Waals surface area contributed by atoms with Gasteiger partial charge in [0.05, 0.1) is 11.0 Å². The summed E-state index contributed by atoms with van der Waals surface area (Å²) < 4.78 is 0. The third kappa shape index (κ3) is 4.14. The highest BCUT2D eigenvalue weighted by Crippen LogP contribution is 1.94. The Labute approximate surface area is 64.7 Å². The van der Waals surface area contributed by atoms with Gasteiger partial charge in [0.15, 0.2) is 0 Å². The van der Waals surface area contributed by atoms with Crippen LogP contribution < -0.4 is 0 Å². The number of rotatable bonds is 2. The van der Waals surface area contributed by atoms with E-state index in [-0.39, 0.29) is 0 Å². The Morgan fingerprint density at radius 3 is 2.89 bits per heavy atom. The number of allylic oxidation sites excluding steroid dienone is 1. The van der Waals surface area contributed by atoms with Gasteiger partial charge < -0.3 is 0 Å². The highest BCUT2D eigenvalue weighted by atomic mass is 35.5. The molecule has 0 amide bonds. The smallest absolute Gasteiger partial charge is 0.107 e. The van der Waals surface area contributed by atoms with Gasteiger partial charge in [0.1, 0.15) is 5.70 Å². The molecular formula is C6H6ClNS. The molecule has 0 aliphatic carbocycles. The van der Waals surface area contributed by atoms with Gasteiger partial charge in [-0.25, -0.2) is 0 Å². The van der Waals surface area contributed by atoms with E-state index in [0.717, 1.165) is 0 Å². The summed E-state index contributed by atoms with van der Waals surface area (Å²) in [5.41, 5.74) is 3.42. The molecule has 9 heavy (non-hydrogen) atoms. The molecule has 0 N–H and O–H groups in total. The zero-order valence-corrected chi connectivity index (χ0v) is 6.59. The summed E-state index contributed by atoms with van der Waals surface area (Å²) in [6.45, 7) is 1.84. The first kappa shape index (κ1) is 8.61.